The van der Waals surface area contributed by atoms with Gasteiger partial charge in [0.05, 0.1) is 36.1 Å². The smallest absolute Gasteiger partial charge is 0.342 e. The summed E-state index contributed by atoms with van der Waals surface area (Å²) in [6.45, 7) is 1.94. The highest BCUT2D eigenvalue weighted by atomic mass is 19.1. The molecule has 2 heterocycles. The molecular weight excluding hydrogens is 369 g/mol. The molecule has 5 nitrogen and oxygen atoms in total. The van der Waals surface area contributed by atoms with Crippen molar-refractivity contribution < 1.29 is 13.9 Å². The Morgan fingerprint density at radius 1 is 1.00 bits per heavy atom. The maximum Gasteiger partial charge on any atom is 0.342 e. The van der Waals surface area contributed by atoms with Crippen LogP contribution in [-0.4, -0.2) is 27.3 Å². The second-order valence-electron chi connectivity index (χ2n) is 6.29. The van der Waals surface area contributed by atoms with Gasteiger partial charge in [0.15, 0.2) is 0 Å². The molecule has 0 aliphatic heterocycles. The van der Waals surface area contributed by atoms with Crippen molar-refractivity contribution >= 4 is 5.97 Å². The fourth-order valence-corrected chi connectivity index (χ4v) is 3.11. The van der Waals surface area contributed by atoms with Crippen LogP contribution in [-0.2, 0) is 4.74 Å². The van der Waals surface area contributed by atoms with Crippen LogP contribution < -0.4 is 0 Å². The first-order valence-electron chi connectivity index (χ1n) is 9.21. The predicted molar refractivity (Wildman–Crippen MR) is 108 cm³/mol. The first kappa shape index (κ1) is 18.6. The average Bonchev–Trinajstić information content (AvgIpc) is 3.20. The lowest BCUT2D eigenvalue weighted by Crippen LogP contribution is -2.08. The zero-order valence-corrected chi connectivity index (χ0v) is 15.7. The summed E-state index contributed by atoms with van der Waals surface area (Å²) in [5.74, 6) is -1.00. The van der Waals surface area contributed by atoms with Crippen molar-refractivity contribution in [2.45, 2.75) is 6.92 Å². The van der Waals surface area contributed by atoms with Crippen molar-refractivity contribution in [3.63, 3.8) is 0 Å². The van der Waals surface area contributed by atoms with Crippen LogP contribution in [0.1, 0.15) is 17.3 Å². The van der Waals surface area contributed by atoms with E-state index in [-0.39, 0.29) is 17.7 Å². The molecule has 4 rings (SSSR count). The Morgan fingerprint density at radius 3 is 2.45 bits per heavy atom. The van der Waals surface area contributed by atoms with Crippen molar-refractivity contribution in [1.82, 2.24) is 14.8 Å². The summed E-state index contributed by atoms with van der Waals surface area (Å²) in [5, 5.41) is 4.32. The number of carbonyl (C=O) groups excluding carboxylic acids is 1. The highest BCUT2D eigenvalue weighted by molar-refractivity contribution is 5.96. The molecule has 0 amide bonds. The van der Waals surface area contributed by atoms with E-state index < -0.39 is 11.8 Å². The molecule has 144 valence electrons. The molecule has 0 radical (unpaired) electrons. The SMILES string of the molecule is CCOC(=O)c1cnn(-c2ccc(-c3ccccc3)nc2)c1-c1ccccc1F. The number of aromatic nitrogens is 3. The van der Waals surface area contributed by atoms with E-state index in [0.717, 1.165) is 11.3 Å². The van der Waals surface area contributed by atoms with Crippen LogP contribution >= 0.6 is 0 Å². The zero-order chi connectivity index (χ0) is 20.2. The Labute approximate surface area is 167 Å². The average molecular weight is 387 g/mol. The molecule has 0 saturated carbocycles. The largest absolute Gasteiger partial charge is 0.462 e. The maximum atomic E-state index is 14.6. The number of hydrogen-bond donors (Lipinski definition) is 0. The molecule has 0 aliphatic carbocycles. The number of esters is 1. The number of benzene rings is 2. The fraction of sp³-hybridized carbons (Fsp3) is 0.0870. The van der Waals surface area contributed by atoms with E-state index in [9.17, 15) is 9.18 Å². The van der Waals surface area contributed by atoms with Crippen molar-refractivity contribution in [2.24, 2.45) is 0 Å². The molecule has 2 aromatic heterocycles. The minimum absolute atomic E-state index is 0.198. The van der Waals surface area contributed by atoms with Crippen LogP contribution in [0.25, 0.3) is 28.2 Å². The summed E-state index contributed by atoms with van der Waals surface area (Å²) in [5.41, 5.74) is 3.19. The van der Waals surface area contributed by atoms with E-state index in [4.69, 9.17) is 4.74 Å². The summed E-state index contributed by atoms with van der Waals surface area (Å²) in [7, 11) is 0. The van der Waals surface area contributed by atoms with E-state index in [2.05, 4.69) is 10.1 Å². The van der Waals surface area contributed by atoms with Gasteiger partial charge in [-0.15, -0.1) is 0 Å². The Balaban J connectivity index is 1.82. The Morgan fingerprint density at radius 2 is 1.76 bits per heavy atom. The molecule has 0 bridgehead atoms. The molecule has 4 aromatic rings. The molecule has 0 saturated heterocycles. The third-order valence-corrected chi connectivity index (χ3v) is 4.46. The summed E-state index contributed by atoms with van der Waals surface area (Å²) >= 11 is 0. The van der Waals surface area contributed by atoms with Crippen molar-refractivity contribution in [1.29, 1.82) is 0 Å². The normalized spacial score (nSPS) is 10.7. The van der Waals surface area contributed by atoms with E-state index >= 15 is 0 Å². The van der Waals surface area contributed by atoms with E-state index in [1.54, 1.807) is 31.3 Å². The van der Waals surface area contributed by atoms with E-state index in [0.29, 0.717) is 11.4 Å². The maximum absolute atomic E-state index is 14.6. The highest BCUT2D eigenvalue weighted by Crippen LogP contribution is 2.29. The number of nitrogens with zero attached hydrogens (tertiary/aromatic N) is 3. The number of hydrogen-bond acceptors (Lipinski definition) is 4. The molecular formula is C23H18FN3O2. The lowest BCUT2D eigenvalue weighted by Gasteiger charge is -2.11. The van der Waals surface area contributed by atoms with Gasteiger partial charge in [-0.3, -0.25) is 4.98 Å². The van der Waals surface area contributed by atoms with Crippen LogP contribution in [0.4, 0.5) is 4.39 Å². The molecule has 0 unspecified atom stereocenters. The second-order valence-corrected chi connectivity index (χ2v) is 6.29. The molecule has 6 heteroatoms. The third-order valence-electron chi connectivity index (χ3n) is 4.46. The summed E-state index contributed by atoms with van der Waals surface area (Å²) in [6, 6.07) is 19.7. The Kier molecular flexibility index (Phi) is 5.16. The predicted octanol–water partition coefficient (Wildman–Crippen LogP) is 4.92. The minimum Gasteiger partial charge on any atom is -0.462 e. The van der Waals surface area contributed by atoms with Gasteiger partial charge in [-0.1, -0.05) is 42.5 Å². The van der Waals surface area contributed by atoms with Gasteiger partial charge in [0, 0.05) is 11.1 Å². The van der Waals surface area contributed by atoms with Gasteiger partial charge in [-0.2, -0.15) is 5.10 Å². The van der Waals surface area contributed by atoms with E-state index in [1.807, 2.05) is 42.5 Å². The first-order valence-corrected chi connectivity index (χ1v) is 9.21. The van der Waals surface area contributed by atoms with Gasteiger partial charge < -0.3 is 4.74 Å². The van der Waals surface area contributed by atoms with E-state index in [1.165, 1.54) is 16.9 Å². The number of rotatable bonds is 5. The fourth-order valence-electron chi connectivity index (χ4n) is 3.11. The van der Waals surface area contributed by atoms with Gasteiger partial charge in [-0.25, -0.2) is 13.9 Å². The monoisotopic (exact) mass is 387 g/mol. The molecule has 0 atom stereocenters. The van der Waals surface area contributed by atoms with Crippen LogP contribution in [0.5, 0.6) is 0 Å². The third kappa shape index (κ3) is 3.65. The van der Waals surface area contributed by atoms with Gasteiger partial charge in [0.2, 0.25) is 0 Å². The van der Waals surface area contributed by atoms with Crippen LogP contribution in [0.2, 0.25) is 0 Å². The lowest BCUT2D eigenvalue weighted by atomic mass is 10.1. The molecule has 2 aromatic carbocycles. The quantitative estimate of drug-likeness (QED) is 0.456. The molecule has 0 N–H and O–H groups in total. The molecule has 29 heavy (non-hydrogen) atoms. The van der Waals surface area contributed by atoms with Crippen molar-refractivity contribution in [2.75, 3.05) is 6.61 Å². The zero-order valence-electron chi connectivity index (χ0n) is 15.7. The number of halogens is 1. The number of ether oxygens (including phenoxy) is 1. The minimum atomic E-state index is -0.550. The van der Waals surface area contributed by atoms with Gasteiger partial charge in [0.1, 0.15) is 11.4 Å². The Hall–Kier alpha value is -3.80. The second kappa shape index (κ2) is 8.06. The first-order chi connectivity index (χ1) is 14.2. The summed E-state index contributed by atoms with van der Waals surface area (Å²) in [4.78, 5) is 16.9. The van der Waals surface area contributed by atoms with Crippen LogP contribution in [0.3, 0.4) is 0 Å². The van der Waals surface area contributed by atoms with Crippen molar-refractivity contribution in [3.05, 3.63) is 90.5 Å². The lowest BCUT2D eigenvalue weighted by molar-refractivity contribution is 0.0527. The van der Waals surface area contributed by atoms with Crippen LogP contribution in [0.15, 0.2) is 79.1 Å². The van der Waals surface area contributed by atoms with Gasteiger partial charge >= 0.3 is 5.97 Å². The van der Waals surface area contributed by atoms with Gasteiger partial charge in [-0.05, 0) is 31.2 Å². The molecule has 0 fully saturated rings. The summed E-state index contributed by atoms with van der Waals surface area (Å²) in [6.07, 6.45) is 3.04. The molecule has 0 aliphatic rings. The van der Waals surface area contributed by atoms with Crippen molar-refractivity contribution in [3.8, 4) is 28.2 Å². The van der Waals surface area contributed by atoms with Crippen LogP contribution in [0, 0.1) is 5.82 Å². The standard InChI is InChI=1S/C23H18FN3O2/c1-2-29-23(28)19-15-26-27(22(19)18-10-6-7-11-20(18)24)17-12-13-21(25-14-17)16-8-4-3-5-9-16/h3-15H,2H2,1H3. The summed E-state index contributed by atoms with van der Waals surface area (Å²) < 4.78 is 21.2. The van der Waals surface area contributed by atoms with Gasteiger partial charge in [0.25, 0.3) is 0 Å². The topological polar surface area (TPSA) is 57.0 Å². The number of carbonyl (C=O) groups is 1. The molecule has 0 spiro atoms. The Bertz CT molecular complexity index is 1140. The number of pyridine rings is 1. The highest BCUT2D eigenvalue weighted by Gasteiger charge is 2.23.